The summed E-state index contributed by atoms with van der Waals surface area (Å²) in [4.78, 5) is 2.55. The van der Waals surface area contributed by atoms with Gasteiger partial charge >= 0.3 is 0 Å². The van der Waals surface area contributed by atoms with Crippen molar-refractivity contribution in [3.8, 4) is 0 Å². The summed E-state index contributed by atoms with van der Waals surface area (Å²) in [6.45, 7) is 12.0. The van der Waals surface area contributed by atoms with Crippen LogP contribution in [0.4, 0.5) is 0 Å². The molecule has 17 heavy (non-hydrogen) atoms. The van der Waals surface area contributed by atoms with Crippen molar-refractivity contribution in [1.29, 1.82) is 0 Å². The van der Waals surface area contributed by atoms with E-state index in [-0.39, 0.29) is 6.29 Å². The van der Waals surface area contributed by atoms with E-state index in [1.807, 2.05) is 13.8 Å². The maximum absolute atomic E-state index is 5.49. The molecule has 102 valence electrons. The van der Waals surface area contributed by atoms with Gasteiger partial charge in [0.1, 0.15) is 0 Å². The van der Waals surface area contributed by atoms with E-state index >= 15 is 0 Å². The minimum absolute atomic E-state index is 0.101. The van der Waals surface area contributed by atoms with Crippen LogP contribution in [-0.2, 0) is 9.47 Å². The molecule has 0 aromatic rings. The van der Waals surface area contributed by atoms with Crippen LogP contribution in [0.5, 0.6) is 0 Å². The van der Waals surface area contributed by atoms with Crippen molar-refractivity contribution in [2.24, 2.45) is 0 Å². The molecule has 1 aliphatic heterocycles. The molecule has 0 bridgehead atoms. The Labute approximate surface area is 106 Å². The van der Waals surface area contributed by atoms with Crippen LogP contribution in [0, 0.1) is 0 Å². The van der Waals surface area contributed by atoms with E-state index in [0.29, 0.717) is 19.3 Å². The van der Waals surface area contributed by atoms with Crippen LogP contribution >= 0.6 is 0 Å². The van der Waals surface area contributed by atoms with Crippen molar-refractivity contribution in [3.05, 3.63) is 0 Å². The Bertz CT molecular complexity index is 176. The molecule has 0 aromatic carbocycles. The highest BCUT2D eigenvalue weighted by Gasteiger charge is 2.17. The second kappa shape index (κ2) is 8.86. The number of ether oxygens (including phenoxy) is 2. The van der Waals surface area contributed by atoms with E-state index < -0.39 is 0 Å². The fourth-order valence-electron chi connectivity index (χ4n) is 2.26. The minimum atomic E-state index is -0.101. The molecule has 4 heteroatoms. The number of nitrogens with zero attached hydrogens (tertiary/aromatic N) is 1. The summed E-state index contributed by atoms with van der Waals surface area (Å²) in [7, 11) is 0. The second-order valence-electron chi connectivity index (χ2n) is 4.59. The molecule has 0 saturated carbocycles. The van der Waals surface area contributed by atoms with Crippen molar-refractivity contribution in [1.82, 2.24) is 10.2 Å². The van der Waals surface area contributed by atoms with Crippen molar-refractivity contribution in [2.75, 3.05) is 39.4 Å². The zero-order valence-electron chi connectivity index (χ0n) is 11.6. The number of likely N-dealkylation sites (tertiary alicyclic amines) is 1. The van der Waals surface area contributed by atoms with Crippen LogP contribution in [-0.4, -0.2) is 56.6 Å². The molecule has 1 atom stereocenters. The molecule has 1 rings (SSSR count). The fourth-order valence-corrected chi connectivity index (χ4v) is 2.26. The number of rotatable bonds is 9. The molecule has 1 aliphatic rings. The molecular weight excluding hydrogens is 216 g/mol. The normalized spacial score (nSPS) is 19.1. The summed E-state index contributed by atoms with van der Waals surface area (Å²) in [6, 6.07) is 0.612. The molecule has 1 fully saturated rings. The highest BCUT2D eigenvalue weighted by atomic mass is 16.7. The Morgan fingerprint density at radius 2 is 1.65 bits per heavy atom. The van der Waals surface area contributed by atoms with E-state index in [0.717, 1.165) is 13.1 Å². The van der Waals surface area contributed by atoms with Crippen LogP contribution in [0.3, 0.4) is 0 Å². The first-order chi connectivity index (χ1) is 8.27. The lowest BCUT2D eigenvalue weighted by molar-refractivity contribution is -0.133. The van der Waals surface area contributed by atoms with Gasteiger partial charge < -0.3 is 14.8 Å². The van der Waals surface area contributed by atoms with Crippen molar-refractivity contribution in [2.45, 2.75) is 45.9 Å². The van der Waals surface area contributed by atoms with Gasteiger partial charge in [0.25, 0.3) is 0 Å². The van der Waals surface area contributed by atoms with Gasteiger partial charge in [-0.1, -0.05) is 0 Å². The van der Waals surface area contributed by atoms with Crippen molar-refractivity contribution < 1.29 is 9.47 Å². The number of hydrogen-bond donors (Lipinski definition) is 1. The summed E-state index contributed by atoms with van der Waals surface area (Å²) in [5.41, 5.74) is 0. The van der Waals surface area contributed by atoms with Crippen molar-refractivity contribution >= 4 is 0 Å². The first-order valence-electron chi connectivity index (χ1n) is 6.95. The minimum Gasteiger partial charge on any atom is -0.352 e. The monoisotopic (exact) mass is 244 g/mol. The maximum atomic E-state index is 5.49. The third-order valence-electron chi connectivity index (χ3n) is 3.22. The van der Waals surface area contributed by atoms with Gasteiger partial charge in [0.05, 0.1) is 0 Å². The average Bonchev–Trinajstić information content (AvgIpc) is 2.83. The van der Waals surface area contributed by atoms with E-state index in [4.69, 9.17) is 9.47 Å². The second-order valence-corrected chi connectivity index (χ2v) is 4.59. The summed E-state index contributed by atoms with van der Waals surface area (Å²) in [6.07, 6.45) is 2.60. The van der Waals surface area contributed by atoms with Crippen LogP contribution < -0.4 is 5.32 Å². The summed E-state index contributed by atoms with van der Waals surface area (Å²) in [5.74, 6) is 0. The van der Waals surface area contributed by atoms with E-state index in [1.54, 1.807) is 0 Å². The van der Waals surface area contributed by atoms with E-state index in [1.165, 1.54) is 25.9 Å². The van der Waals surface area contributed by atoms with Crippen molar-refractivity contribution in [3.63, 3.8) is 0 Å². The molecule has 1 N–H and O–H groups in total. The van der Waals surface area contributed by atoms with Crippen LogP contribution in [0.25, 0.3) is 0 Å². The highest BCUT2D eigenvalue weighted by molar-refractivity contribution is 4.74. The first-order valence-corrected chi connectivity index (χ1v) is 6.95. The molecule has 0 aromatic heterocycles. The molecule has 0 radical (unpaired) electrons. The van der Waals surface area contributed by atoms with Gasteiger partial charge in [-0.2, -0.15) is 0 Å². The fraction of sp³-hybridized carbons (Fsp3) is 1.00. The van der Waals surface area contributed by atoms with Gasteiger partial charge in [-0.05, 0) is 46.7 Å². The lowest BCUT2D eigenvalue weighted by Gasteiger charge is -2.25. The van der Waals surface area contributed by atoms with Gasteiger partial charge in [-0.3, -0.25) is 4.90 Å². The van der Waals surface area contributed by atoms with Crippen LogP contribution in [0.1, 0.15) is 33.6 Å². The van der Waals surface area contributed by atoms with Crippen LogP contribution in [0.2, 0.25) is 0 Å². The van der Waals surface area contributed by atoms with Gasteiger partial charge in [0.15, 0.2) is 6.29 Å². The smallest absolute Gasteiger partial charge is 0.169 e. The molecule has 0 amide bonds. The molecule has 1 heterocycles. The predicted octanol–water partition coefficient (Wildman–Crippen LogP) is 1.46. The standard InChI is InChI=1S/C13H28N2O2/c1-4-16-13(17-5-2)11-14-10-12(3)15-8-6-7-9-15/h12-14H,4-11H2,1-3H3. The number of nitrogens with one attached hydrogen (secondary N) is 1. The molecule has 1 unspecified atom stereocenters. The average molecular weight is 244 g/mol. The molecule has 0 aliphatic carbocycles. The largest absolute Gasteiger partial charge is 0.352 e. The van der Waals surface area contributed by atoms with Gasteiger partial charge in [0, 0.05) is 32.3 Å². The van der Waals surface area contributed by atoms with Gasteiger partial charge in [-0.15, -0.1) is 0 Å². The summed E-state index contributed by atoms with van der Waals surface area (Å²) >= 11 is 0. The molecule has 4 nitrogen and oxygen atoms in total. The molecule has 1 saturated heterocycles. The third kappa shape index (κ3) is 5.82. The quantitative estimate of drug-likeness (QED) is 0.623. The van der Waals surface area contributed by atoms with Crippen LogP contribution in [0.15, 0.2) is 0 Å². The maximum Gasteiger partial charge on any atom is 0.169 e. The Morgan fingerprint density at radius 1 is 1.06 bits per heavy atom. The Kier molecular flexibility index (Phi) is 7.77. The zero-order valence-corrected chi connectivity index (χ0v) is 11.6. The lowest BCUT2D eigenvalue weighted by Crippen LogP contribution is -2.41. The molecule has 0 spiro atoms. The van der Waals surface area contributed by atoms with Gasteiger partial charge in [-0.25, -0.2) is 0 Å². The summed E-state index contributed by atoms with van der Waals surface area (Å²) < 4.78 is 11.0. The first kappa shape index (κ1) is 14.9. The predicted molar refractivity (Wildman–Crippen MR) is 70.2 cm³/mol. The van der Waals surface area contributed by atoms with Gasteiger partial charge in [0.2, 0.25) is 0 Å². The zero-order chi connectivity index (χ0) is 12.5. The third-order valence-corrected chi connectivity index (χ3v) is 3.22. The number of hydrogen-bond acceptors (Lipinski definition) is 4. The Balaban J connectivity index is 2.11. The lowest BCUT2D eigenvalue weighted by atomic mass is 10.3. The van der Waals surface area contributed by atoms with E-state index in [2.05, 4.69) is 17.1 Å². The summed E-state index contributed by atoms with van der Waals surface area (Å²) in [5, 5.41) is 3.44. The molecular formula is C13H28N2O2. The highest BCUT2D eigenvalue weighted by Crippen LogP contribution is 2.10. The topological polar surface area (TPSA) is 33.7 Å². The van der Waals surface area contributed by atoms with E-state index in [9.17, 15) is 0 Å². The Morgan fingerprint density at radius 3 is 2.18 bits per heavy atom. The Hall–Kier alpha value is -0.160. The SMILES string of the molecule is CCOC(CNCC(C)N1CCCC1)OCC.